The highest BCUT2D eigenvalue weighted by atomic mass is 35.5. The van der Waals surface area contributed by atoms with Crippen LogP contribution in [0.1, 0.15) is 13.3 Å². The van der Waals surface area contributed by atoms with Crippen molar-refractivity contribution in [1.29, 1.82) is 0 Å². The van der Waals surface area contributed by atoms with Gasteiger partial charge in [0, 0.05) is 12.5 Å². The lowest BCUT2D eigenvalue weighted by molar-refractivity contribution is -0.134. The summed E-state index contributed by atoms with van der Waals surface area (Å²) in [5.74, 6) is 0.617. The zero-order valence-electron chi connectivity index (χ0n) is 8.04. The number of hydrogen-bond donors (Lipinski definition) is 0. The maximum absolute atomic E-state index is 11.0. The van der Waals surface area contributed by atoms with Gasteiger partial charge in [0.1, 0.15) is 5.75 Å². The molecule has 0 unspecified atom stereocenters. The number of methoxy groups -OCH3 is 1. The molecule has 3 nitrogen and oxygen atoms in total. The summed E-state index contributed by atoms with van der Waals surface area (Å²) in [5, 5.41) is 0.396. The molecule has 14 heavy (non-hydrogen) atoms. The molecule has 0 N–H and O–H groups in total. The van der Waals surface area contributed by atoms with E-state index in [4.69, 9.17) is 21.1 Å². The van der Waals surface area contributed by atoms with Crippen molar-refractivity contribution in [2.45, 2.75) is 13.3 Å². The van der Waals surface area contributed by atoms with E-state index in [1.54, 1.807) is 25.1 Å². The number of ether oxygens (including phenoxy) is 2. The Morgan fingerprint density at radius 3 is 2.79 bits per heavy atom. The maximum Gasteiger partial charge on any atom is 0.310 e. The van der Waals surface area contributed by atoms with Crippen molar-refractivity contribution in [3.05, 3.63) is 23.2 Å². The third-order valence-corrected chi connectivity index (χ3v) is 1.96. The smallest absolute Gasteiger partial charge is 0.310 e. The molecule has 0 atom stereocenters. The Bertz CT molecular complexity index is 336. The molecule has 0 bridgehead atoms. The van der Waals surface area contributed by atoms with Crippen LogP contribution in [-0.2, 0) is 4.79 Å². The van der Waals surface area contributed by atoms with Crippen LogP contribution in [0, 0.1) is 0 Å². The summed E-state index contributed by atoms with van der Waals surface area (Å²) in [7, 11) is 1.54. The first-order valence-electron chi connectivity index (χ1n) is 4.21. The standard InChI is InChI=1S/C10H11ClO3/c1-3-10(12)14-9-6-7(13-2)4-5-8(9)11/h4-6H,3H2,1-2H3. The largest absolute Gasteiger partial charge is 0.497 e. The predicted octanol–water partition coefficient (Wildman–Crippen LogP) is 2.66. The molecule has 1 rings (SSSR count). The number of hydrogen-bond acceptors (Lipinski definition) is 3. The number of carbonyl (C=O) groups excluding carboxylic acids is 1. The second kappa shape index (κ2) is 4.86. The molecule has 0 heterocycles. The van der Waals surface area contributed by atoms with Gasteiger partial charge in [0.25, 0.3) is 0 Å². The molecule has 0 aliphatic rings. The van der Waals surface area contributed by atoms with Crippen LogP contribution in [0.15, 0.2) is 18.2 Å². The average Bonchev–Trinajstić information content (AvgIpc) is 2.21. The van der Waals surface area contributed by atoms with E-state index < -0.39 is 0 Å². The lowest BCUT2D eigenvalue weighted by Crippen LogP contribution is -2.05. The molecule has 1 aromatic rings. The van der Waals surface area contributed by atoms with E-state index in [9.17, 15) is 4.79 Å². The van der Waals surface area contributed by atoms with Crippen LogP contribution >= 0.6 is 11.6 Å². The Labute approximate surface area is 87.6 Å². The molecular weight excluding hydrogens is 204 g/mol. The van der Waals surface area contributed by atoms with Crippen molar-refractivity contribution in [2.24, 2.45) is 0 Å². The summed E-state index contributed by atoms with van der Waals surface area (Å²) in [4.78, 5) is 11.0. The van der Waals surface area contributed by atoms with Crippen molar-refractivity contribution in [2.75, 3.05) is 7.11 Å². The quantitative estimate of drug-likeness (QED) is 0.573. The summed E-state index contributed by atoms with van der Waals surface area (Å²) in [6.45, 7) is 1.72. The highest BCUT2D eigenvalue weighted by Gasteiger charge is 2.07. The maximum atomic E-state index is 11.0. The van der Waals surface area contributed by atoms with Gasteiger partial charge in [0.2, 0.25) is 0 Å². The van der Waals surface area contributed by atoms with E-state index in [2.05, 4.69) is 0 Å². The number of halogens is 1. The molecule has 0 amide bonds. The first-order chi connectivity index (χ1) is 6.67. The van der Waals surface area contributed by atoms with E-state index in [-0.39, 0.29) is 5.97 Å². The third-order valence-electron chi connectivity index (χ3n) is 1.65. The fourth-order valence-electron chi connectivity index (χ4n) is 0.884. The Morgan fingerprint density at radius 1 is 1.50 bits per heavy atom. The average molecular weight is 215 g/mol. The summed E-state index contributed by atoms with van der Waals surface area (Å²) >= 11 is 5.82. The number of rotatable bonds is 3. The minimum Gasteiger partial charge on any atom is -0.497 e. The zero-order chi connectivity index (χ0) is 10.6. The normalized spacial score (nSPS) is 9.64. The lowest BCUT2D eigenvalue weighted by atomic mass is 10.3. The fraction of sp³-hybridized carbons (Fsp3) is 0.300. The monoisotopic (exact) mass is 214 g/mol. The van der Waals surface area contributed by atoms with Crippen LogP contribution in [0.2, 0.25) is 5.02 Å². The highest BCUT2D eigenvalue weighted by molar-refractivity contribution is 6.32. The van der Waals surface area contributed by atoms with Gasteiger partial charge < -0.3 is 9.47 Å². The molecule has 4 heteroatoms. The van der Waals surface area contributed by atoms with Crippen LogP contribution < -0.4 is 9.47 Å². The van der Waals surface area contributed by atoms with Crippen molar-refractivity contribution in [3.8, 4) is 11.5 Å². The third kappa shape index (κ3) is 2.64. The second-order valence-electron chi connectivity index (χ2n) is 2.62. The SMILES string of the molecule is CCC(=O)Oc1cc(OC)ccc1Cl. The second-order valence-corrected chi connectivity index (χ2v) is 3.03. The number of esters is 1. The molecule has 0 aromatic heterocycles. The van der Waals surface area contributed by atoms with Crippen molar-refractivity contribution >= 4 is 17.6 Å². The molecule has 0 fully saturated rings. The van der Waals surface area contributed by atoms with Gasteiger partial charge in [-0.1, -0.05) is 18.5 Å². The first kappa shape index (κ1) is 10.9. The fourth-order valence-corrected chi connectivity index (χ4v) is 1.04. The number of carbonyl (C=O) groups is 1. The Balaban J connectivity index is 2.89. The van der Waals surface area contributed by atoms with Gasteiger partial charge in [-0.05, 0) is 12.1 Å². The van der Waals surface area contributed by atoms with E-state index in [1.807, 2.05) is 0 Å². The summed E-state index contributed by atoms with van der Waals surface area (Å²) in [6.07, 6.45) is 0.313. The molecular formula is C10H11ClO3. The Morgan fingerprint density at radius 2 is 2.21 bits per heavy atom. The molecule has 0 aliphatic carbocycles. The molecule has 1 aromatic carbocycles. The zero-order valence-corrected chi connectivity index (χ0v) is 8.80. The summed E-state index contributed by atoms with van der Waals surface area (Å²) < 4.78 is 9.96. The minimum atomic E-state index is -0.319. The van der Waals surface area contributed by atoms with E-state index in [0.29, 0.717) is 22.9 Å². The van der Waals surface area contributed by atoms with Gasteiger partial charge in [-0.15, -0.1) is 0 Å². The molecule has 0 saturated carbocycles. The van der Waals surface area contributed by atoms with Gasteiger partial charge in [0.05, 0.1) is 12.1 Å². The number of benzene rings is 1. The minimum absolute atomic E-state index is 0.313. The van der Waals surface area contributed by atoms with Crippen LogP contribution in [0.5, 0.6) is 11.5 Å². The predicted molar refractivity (Wildman–Crippen MR) is 53.9 cm³/mol. The highest BCUT2D eigenvalue weighted by Crippen LogP contribution is 2.29. The Kier molecular flexibility index (Phi) is 3.77. The van der Waals surface area contributed by atoms with Crippen molar-refractivity contribution in [3.63, 3.8) is 0 Å². The van der Waals surface area contributed by atoms with Gasteiger partial charge >= 0.3 is 5.97 Å². The van der Waals surface area contributed by atoms with Crippen LogP contribution in [-0.4, -0.2) is 13.1 Å². The molecule has 0 aliphatic heterocycles. The van der Waals surface area contributed by atoms with Crippen LogP contribution in [0.4, 0.5) is 0 Å². The molecule has 76 valence electrons. The van der Waals surface area contributed by atoms with Crippen molar-refractivity contribution < 1.29 is 14.3 Å². The van der Waals surface area contributed by atoms with Crippen LogP contribution in [0.3, 0.4) is 0 Å². The van der Waals surface area contributed by atoms with Crippen molar-refractivity contribution in [1.82, 2.24) is 0 Å². The van der Waals surface area contributed by atoms with Gasteiger partial charge in [-0.2, -0.15) is 0 Å². The summed E-state index contributed by atoms with van der Waals surface area (Å²) in [6, 6.07) is 4.90. The molecule has 0 saturated heterocycles. The summed E-state index contributed by atoms with van der Waals surface area (Å²) in [5.41, 5.74) is 0. The van der Waals surface area contributed by atoms with E-state index in [0.717, 1.165) is 0 Å². The van der Waals surface area contributed by atoms with Gasteiger partial charge in [-0.25, -0.2) is 0 Å². The van der Waals surface area contributed by atoms with Gasteiger partial charge in [-0.3, -0.25) is 4.79 Å². The first-order valence-corrected chi connectivity index (χ1v) is 4.59. The topological polar surface area (TPSA) is 35.5 Å². The van der Waals surface area contributed by atoms with E-state index in [1.165, 1.54) is 7.11 Å². The Hall–Kier alpha value is -1.22. The molecule has 0 spiro atoms. The lowest BCUT2D eigenvalue weighted by Gasteiger charge is -2.06. The van der Waals surface area contributed by atoms with Gasteiger partial charge in [0.15, 0.2) is 5.75 Å². The molecule has 0 radical (unpaired) electrons. The van der Waals surface area contributed by atoms with Crippen LogP contribution in [0.25, 0.3) is 0 Å². The van der Waals surface area contributed by atoms with E-state index >= 15 is 0 Å².